The molecule has 0 unspecified atom stereocenters. The number of hydrogen-bond donors (Lipinski definition) is 2. The first-order valence-corrected chi connectivity index (χ1v) is 18.0. The van der Waals surface area contributed by atoms with Gasteiger partial charge in [0.15, 0.2) is 0 Å². The maximum Gasteiger partial charge on any atom is 0.412 e. The van der Waals surface area contributed by atoms with Gasteiger partial charge in [-0.25, -0.2) is 24.7 Å². The number of hydrogen-bond acceptors (Lipinski definition) is 10. The summed E-state index contributed by atoms with van der Waals surface area (Å²) in [5, 5.41) is 3.23. The zero-order valence-corrected chi connectivity index (χ0v) is 34.9. The van der Waals surface area contributed by atoms with Crippen molar-refractivity contribution in [1.82, 2.24) is 19.9 Å². The molecule has 0 fully saturated rings. The molecule has 49 heavy (non-hydrogen) atoms. The number of anilines is 2. The van der Waals surface area contributed by atoms with Crippen molar-refractivity contribution >= 4 is 74.3 Å². The average molecular weight is 921 g/mol. The van der Waals surface area contributed by atoms with E-state index >= 15 is 0 Å². The predicted octanol–water partition coefficient (Wildman–Crippen LogP) is 9.55. The Hall–Kier alpha value is -3.18. The second kappa shape index (κ2) is 22.5. The molecule has 1 amide bonds. The highest BCUT2D eigenvalue weighted by Gasteiger charge is 2.16. The molecule has 0 aromatic carbocycles. The summed E-state index contributed by atoms with van der Waals surface area (Å²) in [5.74, 6) is 1.81. The number of carbonyl (C=O) groups excluding carboxylic acids is 1. The summed E-state index contributed by atoms with van der Waals surface area (Å²) in [6.45, 7) is 20.6. The molecule has 0 spiro atoms. The average Bonchev–Trinajstić information content (AvgIpc) is 2.91. The number of aryl methyl sites for hydroxylation is 4. The van der Waals surface area contributed by atoms with Gasteiger partial charge in [0, 0.05) is 53.8 Å². The van der Waals surface area contributed by atoms with Crippen LogP contribution in [0, 0.1) is 34.8 Å². The fourth-order valence-corrected chi connectivity index (χ4v) is 5.54. The van der Waals surface area contributed by atoms with Gasteiger partial charge in [-0.2, -0.15) is 0 Å². The lowest BCUT2D eigenvalue weighted by atomic mass is 10.2. The maximum atomic E-state index is 11.6. The van der Waals surface area contributed by atoms with Gasteiger partial charge < -0.3 is 24.7 Å². The highest BCUT2D eigenvalue weighted by atomic mass is 127. The Bertz CT molecular complexity index is 1480. The van der Waals surface area contributed by atoms with Crippen molar-refractivity contribution in [2.24, 2.45) is 0 Å². The number of carbonyl (C=O) groups is 1. The molecular formula is C35H47ClI2N6O5. The van der Waals surface area contributed by atoms with Crippen molar-refractivity contribution in [3.8, 4) is 17.6 Å². The zero-order chi connectivity index (χ0) is 37.1. The number of ether oxygens (including phenoxy) is 4. The molecule has 4 rings (SSSR count). The molecule has 0 saturated carbocycles. The SMILES string of the molecule is CCOc1cc(I)cc(C)n1.CCOc1cc(N)cc(C)n1.CCOc1cc(NC(=O)OC(C)(C)C)cc(C)n1.Cc1cc(I)cc(Cl)n1. The standard InChI is InChI=1S/C13H20N2O3.C8H10INO.C8H12N2O.C6H5ClIN/c1-6-17-11-8-10(7-9(2)14-11)15-12(16)18-13(3,4)5;2*1-3-11-8-5-7(9)4-6(2)10-8;1-4-2-5(8)3-6(7)9-4/h7-8H,6H2,1-5H3,(H,14,15,16);4-5H,3H2,1-2H3;4-5H,3H2,1-2H3,(H2,9,10);2-3H,1H3. The summed E-state index contributed by atoms with van der Waals surface area (Å²) < 4.78 is 23.2. The number of amides is 1. The van der Waals surface area contributed by atoms with Crippen molar-refractivity contribution < 1.29 is 23.7 Å². The van der Waals surface area contributed by atoms with E-state index in [1.54, 1.807) is 18.2 Å². The molecule has 14 heteroatoms. The highest BCUT2D eigenvalue weighted by molar-refractivity contribution is 14.1. The molecule has 4 aromatic heterocycles. The summed E-state index contributed by atoms with van der Waals surface area (Å²) in [6.07, 6.45) is -0.490. The summed E-state index contributed by atoms with van der Waals surface area (Å²) in [4.78, 5) is 28.1. The molecule has 3 N–H and O–H groups in total. The Morgan fingerprint density at radius 2 is 1.12 bits per heavy atom. The number of nitrogen functional groups attached to an aromatic ring is 1. The molecule has 0 bridgehead atoms. The third-order valence-electron chi connectivity index (χ3n) is 5.19. The summed E-state index contributed by atoms with van der Waals surface area (Å²) >= 11 is 10.1. The Kier molecular flexibility index (Phi) is 20.1. The van der Waals surface area contributed by atoms with E-state index < -0.39 is 11.7 Å². The quantitative estimate of drug-likeness (QED) is 0.136. The molecule has 4 aromatic rings. The lowest BCUT2D eigenvalue weighted by Gasteiger charge is -2.19. The van der Waals surface area contributed by atoms with E-state index in [4.69, 9.17) is 36.3 Å². The van der Waals surface area contributed by atoms with Gasteiger partial charge in [-0.15, -0.1) is 0 Å². The minimum atomic E-state index is -0.519. The zero-order valence-electron chi connectivity index (χ0n) is 29.8. The van der Waals surface area contributed by atoms with Crippen LogP contribution in [0.15, 0.2) is 48.5 Å². The van der Waals surface area contributed by atoms with Gasteiger partial charge in [0.2, 0.25) is 17.6 Å². The van der Waals surface area contributed by atoms with E-state index in [9.17, 15) is 4.79 Å². The molecule has 0 saturated heterocycles. The largest absolute Gasteiger partial charge is 0.478 e. The van der Waals surface area contributed by atoms with Crippen LogP contribution in [0.1, 0.15) is 64.3 Å². The van der Waals surface area contributed by atoms with Crippen LogP contribution in [-0.2, 0) is 4.74 Å². The smallest absolute Gasteiger partial charge is 0.412 e. The number of nitrogens with two attached hydrogens (primary N) is 1. The predicted molar refractivity (Wildman–Crippen MR) is 214 cm³/mol. The molecule has 268 valence electrons. The Morgan fingerprint density at radius 3 is 1.55 bits per heavy atom. The van der Waals surface area contributed by atoms with E-state index in [1.165, 1.54) is 3.57 Å². The van der Waals surface area contributed by atoms with Gasteiger partial charge in [0.05, 0.1) is 25.5 Å². The van der Waals surface area contributed by atoms with Crippen molar-refractivity contribution in [2.45, 2.75) is 74.8 Å². The van der Waals surface area contributed by atoms with Crippen LogP contribution in [-0.4, -0.2) is 51.5 Å². The van der Waals surface area contributed by atoms with Crippen molar-refractivity contribution in [1.29, 1.82) is 0 Å². The van der Waals surface area contributed by atoms with Crippen LogP contribution in [0.25, 0.3) is 0 Å². The van der Waals surface area contributed by atoms with Crippen LogP contribution >= 0.6 is 56.8 Å². The van der Waals surface area contributed by atoms with Gasteiger partial charge in [-0.3, -0.25) is 5.32 Å². The minimum Gasteiger partial charge on any atom is -0.478 e. The molecule has 0 aliphatic rings. The minimum absolute atomic E-state index is 0.489. The molecular weight excluding hydrogens is 874 g/mol. The number of pyridine rings is 4. The van der Waals surface area contributed by atoms with Crippen molar-refractivity contribution in [2.75, 3.05) is 30.9 Å². The summed E-state index contributed by atoms with van der Waals surface area (Å²) in [6, 6.07) is 14.7. The second-order valence-electron chi connectivity index (χ2n) is 11.2. The van der Waals surface area contributed by atoms with Crippen LogP contribution in [0.3, 0.4) is 0 Å². The first-order chi connectivity index (χ1) is 22.9. The molecule has 0 atom stereocenters. The van der Waals surface area contributed by atoms with Crippen LogP contribution in [0.2, 0.25) is 5.15 Å². The van der Waals surface area contributed by atoms with E-state index in [0.717, 1.165) is 32.2 Å². The topological polar surface area (TPSA) is 144 Å². The van der Waals surface area contributed by atoms with Crippen LogP contribution in [0.4, 0.5) is 16.2 Å². The fraction of sp³-hybridized carbons (Fsp3) is 0.400. The number of nitrogens with one attached hydrogen (secondary N) is 1. The molecule has 0 radical (unpaired) electrons. The van der Waals surface area contributed by atoms with Gasteiger partial charge in [-0.1, -0.05) is 11.6 Å². The van der Waals surface area contributed by atoms with Gasteiger partial charge in [-0.05, 0) is 145 Å². The number of halogens is 3. The molecule has 0 aliphatic carbocycles. The number of rotatable bonds is 7. The normalized spacial score (nSPS) is 10.1. The van der Waals surface area contributed by atoms with Gasteiger partial charge in [0.1, 0.15) is 10.8 Å². The second-order valence-corrected chi connectivity index (χ2v) is 14.0. The lowest BCUT2D eigenvalue weighted by Crippen LogP contribution is -2.27. The third kappa shape index (κ3) is 20.8. The summed E-state index contributed by atoms with van der Waals surface area (Å²) in [5.41, 5.74) is 9.98. The van der Waals surface area contributed by atoms with E-state index in [0.29, 0.717) is 48.1 Å². The fourth-order valence-electron chi connectivity index (χ4n) is 3.65. The Balaban J connectivity index is 0.000000339. The number of nitrogens with zero attached hydrogens (tertiary/aromatic N) is 4. The first-order valence-electron chi connectivity index (χ1n) is 15.5. The van der Waals surface area contributed by atoms with Gasteiger partial charge >= 0.3 is 6.09 Å². The monoisotopic (exact) mass is 920 g/mol. The lowest BCUT2D eigenvalue weighted by molar-refractivity contribution is 0.0636. The highest BCUT2D eigenvalue weighted by Crippen LogP contribution is 2.19. The Morgan fingerprint density at radius 1 is 0.694 bits per heavy atom. The number of aromatic nitrogens is 4. The van der Waals surface area contributed by atoms with Crippen molar-refractivity contribution in [3.05, 3.63) is 83.6 Å². The van der Waals surface area contributed by atoms with Crippen molar-refractivity contribution in [3.63, 3.8) is 0 Å². The Labute approximate surface area is 322 Å². The van der Waals surface area contributed by atoms with E-state index in [1.807, 2.05) is 99.6 Å². The summed E-state index contributed by atoms with van der Waals surface area (Å²) in [7, 11) is 0. The van der Waals surface area contributed by atoms with Crippen LogP contribution in [0.5, 0.6) is 17.6 Å². The molecule has 0 aliphatic heterocycles. The van der Waals surface area contributed by atoms with Gasteiger partial charge in [0.25, 0.3) is 0 Å². The third-order valence-corrected chi connectivity index (χ3v) is 6.62. The van der Waals surface area contributed by atoms with E-state index in [2.05, 4.69) is 70.4 Å². The molecule has 4 heterocycles. The maximum absolute atomic E-state index is 11.6. The van der Waals surface area contributed by atoms with E-state index in [-0.39, 0.29) is 0 Å². The van der Waals surface area contributed by atoms with Crippen LogP contribution < -0.4 is 25.3 Å². The first kappa shape index (κ1) is 43.8. The molecule has 11 nitrogen and oxygen atoms in total.